The van der Waals surface area contributed by atoms with E-state index in [1.54, 1.807) is 0 Å². The Bertz CT molecular complexity index is 331. The van der Waals surface area contributed by atoms with Crippen molar-refractivity contribution in [1.29, 1.82) is 0 Å². The smallest absolute Gasteiger partial charge is 0.0227 e. The predicted octanol–water partition coefficient (Wildman–Crippen LogP) is 3.37. The third-order valence-electron chi connectivity index (χ3n) is 3.21. The lowest BCUT2D eigenvalue weighted by Crippen LogP contribution is -2.46. The molecule has 1 N–H and O–H groups in total. The lowest BCUT2D eigenvalue weighted by molar-refractivity contribution is 0.132. The Balaban J connectivity index is 1.79. The van der Waals surface area contributed by atoms with Crippen LogP contribution in [0.15, 0.2) is 28.7 Å². The molecule has 1 unspecified atom stereocenters. The molecule has 0 aliphatic carbocycles. The van der Waals surface area contributed by atoms with E-state index in [0.29, 0.717) is 6.04 Å². The fourth-order valence-electron chi connectivity index (χ4n) is 2.35. The summed E-state index contributed by atoms with van der Waals surface area (Å²) in [7, 11) is 0. The molecule has 0 bridgehead atoms. The average molecular weight is 297 g/mol. The monoisotopic (exact) mass is 296 g/mol. The van der Waals surface area contributed by atoms with Gasteiger partial charge in [0.25, 0.3) is 0 Å². The number of piperidine rings is 1. The molecule has 1 aliphatic rings. The lowest BCUT2D eigenvalue weighted by Gasteiger charge is -2.30. The number of nitrogens with one attached hydrogen (secondary N) is 1. The lowest BCUT2D eigenvalue weighted by atomic mass is 10.1. The van der Waals surface area contributed by atoms with Crippen LogP contribution in [0.1, 0.15) is 31.7 Å². The summed E-state index contributed by atoms with van der Waals surface area (Å²) >= 11 is 3.47. The molecular formula is C14H21BrN2. The van der Waals surface area contributed by atoms with Crippen molar-refractivity contribution in [2.45, 2.75) is 38.6 Å². The van der Waals surface area contributed by atoms with Crippen LogP contribution in [0.25, 0.3) is 0 Å². The van der Waals surface area contributed by atoms with E-state index in [2.05, 4.69) is 57.6 Å². The molecule has 1 aliphatic heterocycles. The van der Waals surface area contributed by atoms with Crippen LogP contribution in [0.2, 0.25) is 0 Å². The number of rotatable bonds is 4. The molecule has 1 heterocycles. The first-order chi connectivity index (χ1) is 8.24. The highest BCUT2D eigenvalue weighted by Gasteiger charge is 2.12. The van der Waals surface area contributed by atoms with Gasteiger partial charge in [0, 0.05) is 23.6 Å². The molecule has 1 aromatic rings. The summed E-state index contributed by atoms with van der Waals surface area (Å²) in [6.07, 6.45) is 5.14. The molecule has 2 rings (SSSR count). The first kappa shape index (κ1) is 13.1. The third kappa shape index (κ3) is 4.41. The highest BCUT2D eigenvalue weighted by molar-refractivity contribution is 9.10. The van der Waals surface area contributed by atoms with Gasteiger partial charge in [-0.3, -0.25) is 5.43 Å². The Kier molecular flexibility index (Phi) is 5.01. The van der Waals surface area contributed by atoms with Crippen molar-refractivity contribution in [3.8, 4) is 0 Å². The van der Waals surface area contributed by atoms with Crippen molar-refractivity contribution in [3.05, 3.63) is 34.3 Å². The molecule has 0 radical (unpaired) electrons. The number of nitrogens with zero attached hydrogens (tertiary/aromatic N) is 1. The highest BCUT2D eigenvalue weighted by Crippen LogP contribution is 2.12. The minimum atomic E-state index is 0.509. The maximum Gasteiger partial charge on any atom is 0.0227 e. The van der Waals surface area contributed by atoms with Crippen molar-refractivity contribution in [2.75, 3.05) is 13.1 Å². The molecule has 0 aromatic heterocycles. The molecule has 0 spiro atoms. The van der Waals surface area contributed by atoms with E-state index in [1.165, 1.54) is 37.9 Å². The standard InChI is InChI=1S/C14H21BrN2/c1-12(16-17-9-3-2-4-10-17)11-13-5-7-14(15)8-6-13/h5-8,12,16H,2-4,9-11H2,1H3. The van der Waals surface area contributed by atoms with Crippen molar-refractivity contribution >= 4 is 15.9 Å². The summed E-state index contributed by atoms with van der Waals surface area (Å²) in [4.78, 5) is 0. The van der Waals surface area contributed by atoms with Crippen LogP contribution in [0.4, 0.5) is 0 Å². The molecule has 1 saturated heterocycles. The Labute approximate surface area is 112 Å². The van der Waals surface area contributed by atoms with Gasteiger partial charge in [0.1, 0.15) is 0 Å². The van der Waals surface area contributed by atoms with Gasteiger partial charge in [0.2, 0.25) is 0 Å². The van der Waals surface area contributed by atoms with E-state index >= 15 is 0 Å². The maximum atomic E-state index is 3.60. The van der Waals surface area contributed by atoms with Crippen molar-refractivity contribution in [1.82, 2.24) is 10.4 Å². The number of halogens is 1. The van der Waals surface area contributed by atoms with Crippen LogP contribution in [0.3, 0.4) is 0 Å². The van der Waals surface area contributed by atoms with Crippen LogP contribution in [-0.4, -0.2) is 24.1 Å². The Morgan fingerprint density at radius 3 is 2.47 bits per heavy atom. The second-order valence-corrected chi connectivity index (χ2v) is 5.82. The van der Waals surface area contributed by atoms with Crippen molar-refractivity contribution < 1.29 is 0 Å². The molecule has 1 aromatic carbocycles. The summed E-state index contributed by atoms with van der Waals surface area (Å²) in [6.45, 7) is 4.66. The number of hydrazine groups is 1. The topological polar surface area (TPSA) is 15.3 Å². The zero-order valence-corrected chi connectivity index (χ0v) is 12.0. The summed E-state index contributed by atoms with van der Waals surface area (Å²) < 4.78 is 1.15. The van der Waals surface area contributed by atoms with Crippen molar-refractivity contribution in [3.63, 3.8) is 0 Å². The van der Waals surface area contributed by atoms with Crippen LogP contribution < -0.4 is 5.43 Å². The molecule has 94 valence electrons. The van der Waals surface area contributed by atoms with Gasteiger partial charge in [-0.05, 0) is 43.9 Å². The van der Waals surface area contributed by atoms with Gasteiger partial charge in [0.15, 0.2) is 0 Å². The SMILES string of the molecule is CC(Cc1ccc(Br)cc1)NN1CCCCC1. The average Bonchev–Trinajstić information content (AvgIpc) is 2.33. The molecule has 2 nitrogen and oxygen atoms in total. The molecule has 0 amide bonds. The number of hydrogen-bond donors (Lipinski definition) is 1. The quantitative estimate of drug-likeness (QED) is 0.916. The minimum absolute atomic E-state index is 0.509. The molecule has 17 heavy (non-hydrogen) atoms. The van der Waals surface area contributed by atoms with Gasteiger partial charge < -0.3 is 0 Å². The summed E-state index contributed by atoms with van der Waals surface area (Å²) in [5.41, 5.74) is 5.00. The highest BCUT2D eigenvalue weighted by atomic mass is 79.9. The Morgan fingerprint density at radius 1 is 1.18 bits per heavy atom. The second-order valence-electron chi connectivity index (χ2n) is 4.91. The Hall–Kier alpha value is -0.380. The minimum Gasteiger partial charge on any atom is -0.252 e. The molecule has 0 saturated carbocycles. The summed E-state index contributed by atoms with van der Waals surface area (Å²) in [5.74, 6) is 0. The van der Waals surface area contributed by atoms with Crippen molar-refractivity contribution in [2.24, 2.45) is 0 Å². The van der Waals surface area contributed by atoms with E-state index < -0.39 is 0 Å². The summed E-state index contributed by atoms with van der Waals surface area (Å²) in [6, 6.07) is 9.12. The summed E-state index contributed by atoms with van der Waals surface area (Å²) in [5, 5.41) is 2.38. The van der Waals surface area contributed by atoms with Crippen LogP contribution in [-0.2, 0) is 6.42 Å². The largest absolute Gasteiger partial charge is 0.252 e. The Morgan fingerprint density at radius 2 is 1.82 bits per heavy atom. The zero-order chi connectivity index (χ0) is 12.1. The van der Waals surface area contributed by atoms with Gasteiger partial charge in [-0.1, -0.05) is 34.5 Å². The van der Waals surface area contributed by atoms with E-state index in [-0.39, 0.29) is 0 Å². The molecule has 1 fully saturated rings. The van der Waals surface area contributed by atoms with E-state index in [9.17, 15) is 0 Å². The fraction of sp³-hybridized carbons (Fsp3) is 0.571. The number of hydrogen-bond acceptors (Lipinski definition) is 2. The van der Waals surface area contributed by atoms with Gasteiger partial charge in [-0.2, -0.15) is 0 Å². The maximum absolute atomic E-state index is 3.60. The van der Waals surface area contributed by atoms with E-state index in [1.807, 2.05) is 0 Å². The third-order valence-corrected chi connectivity index (χ3v) is 3.74. The van der Waals surface area contributed by atoms with Crippen LogP contribution in [0.5, 0.6) is 0 Å². The second kappa shape index (κ2) is 6.53. The van der Waals surface area contributed by atoms with Gasteiger partial charge in [-0.25, -0.2) is 5.01 Å². The zero-order valence-electron chi connectivity index (χ0n) is 10.5. The van der Waals surface area contributed by atoms with Gasteiger partial charge in [0.05, 0.1) is 0 Å². The predicted molar refractivity (Wildman–Crippen MR) is 75.9 cm³/mol. The fourth-order valence-corrected chi connectivity index (χ4v) is 2.62. The van der Waals surface area contributed by atoms with E-state index in [4.69, 9.17) is 0 Å². The molecule has 3 heteroatoms. The normalized spacial score (nSPS) is 19.2. The van der Waals surface area contributed by atoms with Gasteiger partial charge in [-0.15, -0.1) is 0 Å². The first-order valence-corrected chi connectivity index (χ1v) is 7.29. The van der Waals surface area contributed by atoms with Gasteiger partial charge >= 0.3 is 0 Å². The molecule has 1 atom stereocenters. The van der Waals surface area contributed by atoms with E-state index in [0.717, 1.165) is 10.9 Å². The van der Waals surface area contributed by atoms with Crippen LogP contribution in [0, 0.1) is 0 Å². The van der Waals surface area contributed by atoms with Crippen LogP contribution >= 0.6 is 15.9 Å². The number of benzene rings is 1. The first-order valence-electron chi connectivity index (χ1n) is 6.49. The molecular weight excluding hydrogens is 276 g/mol.